The molecule has 0 fully saturated rings. The Labute approximate surface area is 202 Å². The fourth-order valence-electron chi connectivity index (χ4n) is 3.48. The van der Waals surface area contributed by atoms with Crippen LogP contribution in [0.1, 0.15) is 43.9 Å². The maximum absolute atomic E-state index is 12.8. The molecular formula is C27H32N2O4S. The van der Waals surface area contributed by atoms with E-state index in [2.05, 4.69) is 55.1 Å². The molecule has 0 aliphatic carbocycles. The number of hydrogen-bond donors (Lipinski definition) is 2. The van der Waals surface area contributed by atoms with Crippen LogP contribution in [-0.2, 0) is 26.7 Å². The number of nitrogens with one attached hydrogen (secondary N) is 2. The zero-order chi connectivity index (χ0) is 24.9. The molecule has 0 heterocycles. The number of ether oxygens (including phenoxy) is 1. The highest BCUT2D eigenvalue weighted by Gasteiger charge is 2.17. The number of carbonyl (C=O) groups is 1. The quantitative estimate of drug-likeness (QED) is 0.435. The molecule has 180 valence electrons. The topological polar surface area (TPSA) is 84.5 Å². The molecule has 2 N–H and O–H groups in total. The molecule has 0 spiro atoms. The first-order valence-corrected chi connectivity index (χ1v) is 12.6. The van der Waals surface area contributed by atoms with Gasteiger partial charge in [0.2, 0.25) is 5.91 Å². The lowest BCUT2D eigenvalue weighted by molar-refractivity contribution is -0.116. The largest absolute Gasteiger partial charge is 0.495 e. The second-order valence-electron chi connectivity index (χ2n) is 9.33. The number of methoxy groups -OCH3 is 1. The summed E-state index contributed by atoms with van der Waals surface area (Å²) in [5.74, 6) is 0.309. The average Bonchev–Trinajstić information content (AvgIpc) is 2.78. The summed E-state index contributed by atoms with van der Waals surface area (Å²) in [4.78, 5) is 12.5. The van der Waals surface area contributed by atoms with Gasteiger partial charge in [-0.05, 0) is 71.8 Å². The van der Waals surface area contributed by atoms with E-state index >= 15 is 0 Å². The molecule has 0 radical (unpaired) electrons. The number of benzene rings is 3. The minimum Gasteiger partial charge on any atom is -0.495 e. The van der Waals surface area contributed by atoms with Crippen molar-refractivity contribution in [1.29, 1.82) is 0 Å². The lowest BCUT2D eigenvalue weighted by Crippen LogP contribution is -2.15. The summed E-state index contributed by atoms with van der Waals surface area (Å²) in [7, 11) is -2.32. The first kappa shape index (κ1) is 25.3. The Kier molecular flexibility index (Phi) is 7.67. The number of sulfonamides is 1. The molecule has 0 atom stereocenters. The Morgan fingerprint density at radius 1 is 0.941 bits per heavy atom. The van der Waals surface area contributed by atoms with Gasteiger partial charge < -0.3 is 10.1 Å². The summed E-state index contributed by atoms with van der Waals surface area (Å²) in [5.41, 5.74) is 4.27. The number of carbonyl (C=O) groups excluding carboxylic acids is 1. The van der Waals surface area contributed by atoms with Crippen molar-refractivity contribution in [1.82, 2.24) is 0 Å². The van der Waals surface area contributed by atoms with Crippen LogP contribution in [0.15, 0.2) is 71.6 Å². The van der Waals surface area contributed by atoms with Gasteiger partial charge in [0.15, 0.2) is 0 Å². The molecule has 34 heavy (non-hydrogen) atoms. The summed E-state index contributed by atoms with van der Waals surface area (Å²) in [6.07, 6.45) is 0.967. The van der Waals surface area contributed by atoms with Crippen LogP contribution in [0.5, 0.6) is 5.75 Å². The van der Waals surface area contributed by atoms with E-state index in [1.165, 1.54) is 24.8 Å². The van der Waals surface area contributed by atoms with Crippen molar-refractivity contribution in [2.24, 2.45) is 0 Å². The van der Waals surface area contributed by atoms with E-state index in [9.17, 15) is 13.2 Å². The third kappa shape index (κ3) is 6.60. The fourth-order valence-corrected chi connectivity index (χ4v) is 4.54. The van der Waals surface area contributed by atoms with Crippen molar-refractivity contribution in [2.45, 2.75) is 50.8 Å². The van der Waals surface area contributed by atoms with Gasteiger partial charge in [-0.25, -0.2) is 8.42 Å². The van der Waals surface area contributed by atoms with Gasteiger partial charge in [0, 0.05) is 12.1 Å². The van der Waals surface area contributed by atoms with Crippen molar-refractivity contribution >= 4 is 27.3 Å². The van der Waals surface area contributed by atoms with Gasteiger partial charge in [-0.15, -0.1) is 0 Å². The van der Waals surface area contributed by atoms with E-state index in [4.69, 9.17) is 4.74 Å². The molecule has 0 unspecified atom stereocenters. The molecule has 3 aromatic carbocycles. The van der Waals surface area contributed by atoms with E-state index in [1.807, 2.05) is 13.0 Å². The first-order chi connectivity index (χ1) is 16.0. The van der Waals surface area contributed by atoms with Crippen LogP contribution in [0.25, 0.3) is 0 Å². The van der Waals surface area contributed by atoms with Crippen molar-refractivity contribution < 1.29 is 17.9 Å². The lowest BCUT2D eigenvalue weighted by atomic mass is 9.86. The predicted molar refractivity (Wildman–Crippen MR) is 137 cm³/mol. The normalized spacial score (nSPS) is 11.7. The minimum absolute atomic E-state index is 0.0907. The Hall–Kier alpha value is -3.32. The Bertz CT molecular complexity index is 1240. The molecule has 0 aliphatic rings. The monoisotopic (exact) mass is 480 g/mol. The van der Waals surface area contributed by atoms with Gasteiger partial charge in [-0.2, -0.15) is 0 Å². The SMILES string of the molecule is COc1ccc(C)cc1NS(=O)(=O)c1ccc(NC(=O)CCc2ccc(C(C)(C)C)cc2)cc1. The Morgan fingerprint density at radius 2 is 1.59 bits per heavy atom. The van der Waals surface area contributed by atoms with Crippen molar-refractivity contribution in [3.05, 3.63) is 83.4 Å². The summed E-state index contributed by atoms with van der Waals surface area (Å²) in [6.45, 7) is 8.38. The summed E-state index contributed by atoms with van der Waals surface area (Å²) in [6, 6.07) is 19.7. The van der Waals surface area contributed by atoms with Gasteiger partial charge in [0.05, 0.1) is 17.7 Å². The maximum atomic E-state index is 12.8. The van der Waals surface area contributed by atoms with E-state index in [-0.39, 0.29) is 16.2 Å². The van der Waals surface area contributed by atoms with E-state index in [0.717, 1.165) is 11.1 Å². The van der Waals surface area contributed by atoms with Crippen LogP contribution in [0, 0.1) is 6.92 Å². The zero-order valence-electron chi connectivity index (χ0n) is 20.3. The molecular weight excluding hydrogens is 448 g/mol. The Morgan fingerprint density at radius 3 is 2.18 bits per heavy atom. The second-order valence-corrected chi connectivity index (χ2v) is 11.0. The predicted octanol–water partition coefficient (Wildman–Crippen LogP) is 5.67. The number of anilines is 2. The van der Waals surface area contributed by atoms with Crippen LogP contribution in [0.3, 0.4) is 0 Å². The Balaban J connectivity index is 1.59. The molecule has 3 rings (SSSR count). The lowest BCUT2D eigenvalue weighted by Gasteiger charge is -2.19. The van der Waals surface area contributed by atoms with E-state index in [1.54, 1.807) is 24.3 Å². The fraction of sp³-hybridized carbons (Fsp3) is 0.296. The van der Waals surface area contributed by atoms with Crippen molar-refractivity contribution in [3.63, 3.8) is 0 Å². The highest BCUT2D eigenvalue weighted by molar-refractivity contribution is 7.92. The first-order valence-electron chi connectivity index (χ1n) is 11.1. The van der Waals surface area contributed by atoms with Gasteiger partial charge in [-0.3, -0.25) is 9.52 Å². The van der Waals surface area contributed by atoms with Crippen molar-refractivity contribution in [3.8, 4) is 5.75 Å². The van der Waals surface area contributed by atoms with Crippen LogP contribution >= 0.6 is 0 Å². The van der Waals surface area contributed by atoms with Gasteiger partial charge in [-0.1, -0.05) is 51.1 Å². The highest BCUT2D eigenvalue weighted by atomic mass is 32.2. The molecule has 7 heteroatoms. The van der Waals surface area contributed by atoms with Crippen molar-refractivity contribution in [2.75, 3.05) is 17.1 Å². The standard InChI is InChI=1S/C27H32N2O4S/c1-19-6-16-25(33-5)24(18-19)29-34(31,32)23-14-12-22(13-15-23)28-26(30)17-9-20-7-10-21(11-8-20)27(2,3)4/h6-8,10-16,18,29H,9,17H2,1-5H3,(H,28,30). The second kappa shape index (κ2) is 10.3. The van der Waals surface area contributed by atoms with Gasteiger partial charge in [0.1, 0.15) is 5.75 Å². The van der Waals surface area contributed by atoms with Gasteiger partial charge >= 0.3 is 0 Å². The molecule has 1 amide bonds. The average molecular weight is 481 g/mol. The van der Waals surface area contributed by atoms with Gasteiger partial charge in [0.25, 0.3) is 10.0 Å². The molecule has 0 saturated carbocycles. The van der Waals surface area contributed by atoms with E-state index in [0.29, 0.717) is 30.0 Å². The number of rotatable bonds is 8. The zero-order valence-corrected chi connectivity index (χ0v) is 21.1. The number of amides is 1. The van der Waals surface area contributed by atoms with E-state index < -0.39 is 10.0 Å². The molecule has 6 nitrogen and oxygen atoms in total. The summed E-state index contributed by atoms with van der Waals surface area (Å²) < 4.78 is 33.4. The third-order valence-electron chi connectivity index (χ3n) is 5.51. The number of hydrogen-bond acceptors (Lipinski definition) is 4. The highest BCUT2D eigenvalue weighted by Crippen LogP contribution is 2.28. The smallest absolute Gasteiger partial charge is 0.262 e. The molecule has 0 saturated heterocycles. The summed E-state index contributed by atoms with van der Waals surface area (Å²) in [5, 5.41) is 2.83. The van der Waals surface area contributed by atoms with Crippen LogP contribution in [0.2, 0.25) is 0 Å². The molecule has 0 bridgehead atoms. The maximum Gasteiger partial charge on any atom is 0.262 e. The minimum atomic E-state index is -3.81. The summed E-state index contributed by atoms with van der Waals surface area (Å²) >= 11 is 0. The molecule has 0 aromatic heterocycles. The third-order valence-corrected chi connectivity index (χ3v) is 6.89. The van der Waals surface area contributed by atoms with Crippen LogP contribution in [-0.4, -0.2) is 21.4 Å². The number of aryl methyl sites for hydroxylation is 2. The van der Waals surface area contributed by atoms with Crippen LogP contribution < -0.4 is 14.8 Å². The molecule has 3 aromatic rings. The molecule has 0 aliphatic heterocycles. The van der Waals surface area contributed by atoms with Crippen LogP contribution in [0.4, 0.5) is 11.4 Å².